The highest BCUT2D eigenvalue weighted by molar-refractivity contribution is 5.76. The Kier molecular flexibility index (Phi) is 5.08. The minimum atomic E-state index is -1.44. The number of hydrogen-bond acceptors (Lipinski definition) is 5. The van der Waals surface area contributed by atoms with E-state index in [-0.39, 0.29) is 25.3 Å². The number of hydrogen-bond donors (Lipinski definition) is 3. The first kappa shape index (κ1) is 13.1. The van der Waals surface area contributed by atoms with Gasteiger partial charge in [0.15, 0.2) is 6.10 Å². The van der Waals surface area contributed by atoms with Crippen molar-refractivity contribution in [1.82, 2.24) is 20.1 Å². The molecular formula is C9H14N4O4. The van der Waals surface area contributed by atoms with Crippen molar-refractivity contribution in [2.75, 3.05) is 6.54 Å². The number of amides is 1. The van der Waals surface area contributed by atoms with Crippen LogP contribution in [0.2, 0.25) is 0 Å². The topological polar surface area (TPSA) is 117 Å². The second kappa shape index (κ2) is 6.59. The number of aliphatic carboxylic acids is 1. The third kappa shape index (κ3) is 5.07. The van der Waals surface area contributed by atoms with Crippen LogP contribution in [-0.2, 0) is 16.1 Å². The van der Waals surface area contributed by atoms with E-state index in [1.54, 1.807) is 0 Å². The van der Waals surface area contributed by atoms with Crippen molar-refractivity contribution in [1.29, 1.82) is 0 Å². The van der Waals surface area contributed by atoms with E-state index in [0.29, 0.717) is 6.54 Å². The van der Waals surface area contributed by atoms with Crippen molar-refractivity contribution >= 4 is 11.9 Å². The summed E-state index contributed by atoms with van der Waals surface area (Å²) in [6, 6.07) is 0. The maximum absolute atomic E-state index is 11.3. The summed E-state index contributed by atoms with van der Waals surface area (Å²) in [5.41, 5.74) is 0. The van der Waals surface area contributed by atoms with E-state index in [4.69, 9.17) is 10.2 Å². The number of aliphatic hydroxyl groups excluding tert-OH is 1. The molecule has 1 heterocycles. The van der Waals surface area contributed by atoms with Gasteiger partial charge in [-0.2, -0.15) is 5.10 Å². The largest absolute Gasteiger partial charge is 0.479 e. The van der Waals surface area contributed by atoms with Crippen molar-refractivity contribution in [3.05, 3.63) is 12.7 Å². The van der Waals surface area contributed by atoms with Gasteiger partial charge in [0, 0.05) is 19.4 Å². The number of aromatic nitrogens is 3. The summed E-state index contributed by atoms with van der Waals surface area (Å²) in [7, 11) is 0. The molecule has 0 saturated carbocycles. The Hall–Kier alpha value is -1.96. The van der Waals surface area contributed by atoms with Gasteiger partial charge >= 0.3 is 5.97 Å². The van der Waals surface area contributed by atoms with Gasteiger partial charge in [-0.3, -0.25) is 9.48 Å². The van der Waals surface area contributed by atoms with Crippen LogP contribution in [0.15, 0.2) is 12.7 Å². The molecule has 17 heavy (non-hydrogen) atoms. The molecule has 1 rings (SSSR count). The molecule has 3 N–H and O–H groups in total. The molecule has 1 aromatic heterocycles. The van der Waals surface area contributed by atoms with Crippen LogP contribution in [0.5, 0.6) is 0 Å². The molecule has 94 valence electrons. The lowest BCUT2D eigenvalue weighted by Gasteiger charge is -2.07. The number of rotatable bonds is 7. The highest BCUT2D eigenvalue weighted by Gasteiger charge is 2.12. The Bertz CT molecular complexity index is 365. The smallest absolute Gasteiger partial charge is 0.332 e. The van der Waals surface area contributed by atoms with Crippen LogP contribution >= 0.6 is 0 Å². The Morgan fingerprint density at radius 3 is 2.82 bits per heavy atom. The van der Waals surface area contributed by atoms with Gasteiger partial charge in [-0.1, -0.05) is 0 Å². The van der Waals surface area contributed by atoms with Gasteiger partial charge in [0.2, 0.25) is 5.91 Å². The van der Waals surface area contributed by atoms with Gasteiger partial charge in [0.05, 0.1) is 6.54 Å². The van der Waals surface area contributed by atoms with Crippen molar-refractivity contribution in [2.24, 2.45) is 0 Å². The lowest BCUT2D eigenvalue weighted by Crippen LogP contribution is -2.30. The standard InChI is InChI=1S/C9H14N4O4/c14-7(9(16)17)1-3-11-8(15)2-4-13-6-10-5-12-13/h5-7,14H,1-4H2,(H,11,15)(H,16,17). The highest BCUT2D eigenvalue weighted by atomic mass is 16.4. The number of carboxylic acids is 1. The second-order valence-corrected chi connectivity index (χ2v) is 3.40. The summed E-state index contributed by atoms with van der Waals surface area (Å²) in [6.45, 7) is 0.539. The fraction of sp³-hybridized carbons (Fsp3) is 0.556. The molecule has 0 fully saturated rings. The summed E-state index contributed by atoms with van der Waals surface area (Å²) < 4.78 is 1.52. The molecule has 1 aromatic rings. The molecule has 0 aliphatic rings. The molecule has 8 heteroatoms. The molecule has 0 radical (unpaired) electrons. The van der Waals surface area contributed by atoms with Crippen LogP contribution in [0.3, 0.4) is 0 Å². The lowest BCUT2D eigenvalue weighted by molar-refractivity contribution is -0.147. The van der Waals surface area contributed by atoms with Crippen LogP contribution in [-0.4, -0.2) is 49.5 Å². The van der Waals surface area contributed by atoms with Gasteiger partial charge in [0.25, 0.3) is 0 Å². The maximum atomic E-state index is 11.3. The summed E-state index contributed by atoms with van der Waals surface area (Å²) in [4.78, 5) is 25.3. The second-order valence-electron chi connectivity index (χ2n) is 3.40. The first-order valence-electron chi connectivity index (χ1n) is 5.09. The normalized spacial score (nSPS) is 12.1. The van der Waals surface area contributed by atoms with E-state index in [1.807, 2.05) is 0 Å². The van der Waals surface area contributed by atoms with Crippen molar-refractivity contribution in [3.63, 3.8) is 0 Å². The third-order valence-corrected chi connectivity index (χ3v) is 2.06. The summed E-state index contributed by atoms with van der Waals surface area (Å²) in [6.07, 6.45) is 1.66. The number of carbonyl (C=O) groups is 2. The van der Waals surface area contributed by atoms with Gasteiger partial charge in [-0.15, -0.1) is 0 Å². The average Bonchev–Trinajstić information content (AvgIpc) is 2.78. The molecule has 0 aliphatic carbocycles. The number of nitrogens with one attached hydrogen (secondary N) is 1. The predicted octanol–water partition coefficient (Wildman–Crippen LogP) is -1.38. The van der Waals surface area contributed by atoms with Crippen LogP contribution in [0.4, 0.5) is 0 Å². The average molecular weight is 242 g/mol. The van der Waals surface area contributed by atoms with E-state index in [9.17, 15) is 9.59 Å². The van der Waals surface area contributed by atoms with Gasteiger partial charge < -0.3 is 15.5 Å². The fourth-order valence-electron chi connectivity index (χ4n) is 1.12. The zero-order chi connectivity index (χ0) is 12.7. The molecule has 0 bridgehead atoms. The molecule has 1 amide bonds. The van der Waals surface area contributed by atoms with Gasteiger partial charge in [-0.25, -0.2) is 9.78 Å². The molecule has 0 spiro atoms. The van der Waals surface area contributed by atoms with Gasteiger partial charge in [-0.05, 0) is 0 Å². The quantitative estimate of drug-likeness (QED) is 0.542. The Morgan fingerprint density at radius 1 is 1.47 bits per heavy atom. The zero-order valence-corrected chi connectivity index (χ0v) is 9.11. The maximum Gasteiger partial charge on any atom is 0.332 e. The predicted molar refractivity (Wildman–Crippen MR) is 55.9 cm³/mol. The van der Waals surface area contributed by atoms with E-state index < -0.39 is 12.1 Å². The van der Waals surface area contributed by atoms with Crippen LogP contribution in [0.25, 0.3) is 0 Å². The molecule has 0 aliphatic heterocycles. The van der Waals surface area contributed by atoms with Crippen LogP contribution < -0.4 is 5.32 Å². The van der Waals surface area contributed by atoms with Crippen molar-refractivity contribution in [2.45, 2.75) is 25.5 Å². The number of carbonyl (C=O) groups excluding carboxylic acids is 1. The number of carboxylic acid groups (broad SMARTS) is 1. The lowest BCUT2D eigenvalue weighted by atomic mass is 10.2. The number of aryl methyl sites for hydroxylation is 1. The zero-order valence-electron chi connectivity index (χ0n) is 9.11. The Balaban J connectivity index is 2.11. The van der Waals surface area contributed by atoms with Gasteiger partial charge in [0.1, 0.15) is 12.7 Å². The minimum absolute atomic E-state index is 0.00953. The molecule has 0 aromatic carbocycles. The van der Waals surface area contributed by atoms with Crippen molar-refractivity contribution < 1.29 is 19.8 Å². The van der Waals surface area contributed by atoms with Crippen molar-refractivity contribution in [3.8, 4) is 0 Å². The third-order valence-electron chi connectivity index (χ3n) is 2.06. The molecule has 8 nitrogen and oxygen atoms in total. The van der Waals surface area contributed by atoms with E-state index in [1.165, 1.54) is 17.3 Å². The Morgan fingerprint density at radius 2 is 2.24 bits per heavy atom. The van der Waals surface area contributed by atoms with E-state index in [2.05, 4.69) is 15.4 Å². The fourth-order valence-corrected chi connectivity index (χ4v) is 1.12. The molecular weight excluding hydrogens is 228 g/mol. The number of aliphatic hydroxyl groups is 1. The SMILES string of the molecule is O=C(CCn1cncn1)NCCC(O)C(=O)O. The van der Waals surface area contributed by atoms with Crippen LogP contribution in [0, 0.1) is 0 Å². The van der Waals surface area contributed by atoms with Crippen LogP contribution in [0.1, 0.15) is 12.8 Å². The van der Waals surface area contributed by atoms with E-state index in [0.717, 1.165) is 0 Å². The van der Waals surface area contributed by atoms with E-state index >= 15 is 0 Å². The number of nitrogens with zero attached hydrogens (tertiary/aromatic N) is 3. The molecule has 0 saturated heterocycles. The summed E-state index contributed by atoms with van der Waals surface area (Å²) in [5, 5.41) is 23.7. The first-order valence-corrected chi connectivity index (χ1v) is 5.09. The summed E-state index contributed by atoms with van der Waals surface area (Å²) in [5.74, 6) is -1.51. The molecule has 1 atom stereocenters. The monoisotopic (exact) mass is 242 g/mol. The first-order chi connectivity index (χ1) is 8.09. The highest BCUT2D eigenvalue weighted by Crippen LogP contribution is 1.91. The molecule has 1 unspecified atom stereocenters. The minimum Gasteiger partial charge on any atom is -0.479 e. The summed E-state index contributed by atoms with van der Waals surface area (Å²) >= 11 is 0. The Labute approximate surface area is 97.3 Å².